The predicted octanol–water partition coefficient (Wildman–Crippen LogP) is 5.93. The number of aromatic nitrogens is 1. The molecule has 162 valence electrons. The number of rotatable bonds is 7. The van der Waals surface area contributed by atoms with Crippen molar-refractivity contribution in [3.05, 3.63) is 112 Å². The zero-order valence-corrected chi connectivity index (χ0v) is 18.5. The lowest BCUT2D eigenvalue weighted by Gasteiger charge is -2.14. The normalized spacial score (nSPS) is 12.0. The predicted molar refractivity (Wildman–Crippen MR) is 127 cm³/mol. The van der Waals surface area contributed by atoms with E-state index in [4.69, 9.17) is 21.3 Å². The molecular weight excluding hydrogens is 422 g/mol. The maximum Gasteiger partial charge on any atom is 0.338 e. The molecule has 1 atom stereocenters. The van der Waals surface area contributed by atoms with E-state index in [0.29, 0.717) is 29.8 Å². The quantitative estimate of drug-likeness (QED) is 0.358. The topological polar surface area (TPSA) is 59.4 Å². The first-order chi connectivity index (χ1) is 15.5. The third kappa shape index (κ3) is 5.16. The Hall–Kier alpha value is -3.21. The summed E-state index contributed by atoms with van der Waals surface area (Å²) in [6.07, 6.45) is 1.10. The van der Waals surface area contributed by atoms with Crippen LogP contribution < -0.4 is 0 Å². The highest BCUT2D eigenvalue weighted by molar-refractivity contribution is 6.31. The van der Waals surface area contributed by atoms with E-state index in [2.05, 4.69) is 0 Å². The number of aliphatic hydroxyl groups excluding tert-OH is 1. The fourth-order valence-electron chi connectivity index (χ4n) is 3.86. The molecule has 0 bridgehead atoms. The minimum atomic E-state index is -0.635. The van der Waals surface area contributed by atoms with Gasteiger partial charge in [0.1, 0.15) is 0 Å². The summed E-state index contributed by atoms with van der Waals surface area (Å²) in [5, 5.41) is 12.5. The van der Waals surface area contributed by atoms with Gasteiger partial charge in [-0.2, -0.15) is 0 Å². The number of carbonyl (C=O) groups is 1. The van der Waals surface area contributed by atoms with E-state index in [9.17, 15) is 9.90 Å². The van der Waals surface area contributed by atoms with Crippen LogP contribution in [0.3, 0.4) is 0 Å². The van der Waals surface area contributed by atoms with Crippen molar-refractivity contribution in [3.8, 4) is 0 Å². The minimum Gasteiger partial charge on any atom is -0.465 e. The van der Waals surface area contributed by atoms with Gasteiger partial charge in [0.25, 0.3) is 0 Å². The van der Waals surface area contributed by atoms with Crippen LogP contribution in [-0.2, 0) is 17.6 Å². The van der Waals surface area contributed by atoms with Crippen LogP contribution in [0.4, 0.5) is 0 Å². The summed E-state index contributed by atoms with van der Waals surface area (Å²) in [6, 6.07) is 25.0. The average molecular weight is 446 g/mol. The molecule has 0 saturated carbocycles. The highest BCUT2D eigenvalue weighted by Crippen LogP contribution is 2.24. The number of aliphatic hydroxyl groups is 1. The molecule has 0 aliphatic carbocycles. The van der Waals surface area contributed by atoms with E-state index in [0.717, 1.165) is 33.3 Å². The molecule has 4 rings (SSSR count). The number of nitrogens with zero attached hydrogens (tertiary/aromatic N) is 1. The molecule has 4 nitrogen and oxygen atoms in total. The lowest BCUT2D eigenvalue weighted by Crippen LogP contribution is -2.07. The third-order valence-electron chi connectivity index (χ3n) is 5.54. The molecule has 4 aromatic rings. The molecule has 5 heteroatoms. The van der Waals surface area contributed by atoms with Gasteiger partial charge in [-0.25, -0.2) is 4.79 Å². The Morgan fingerprint density at radius 3 is 2.69 bits per heavy atom. The van der Waals surface area contributed by atoms with Gasteiger partial charge in [0.05, 0.1) is 24.3 Å². The number of halogens is 1. The first kappa shape index (κ1) is 22.0. The van der Waals surface area contributed by atoms with Crippen LogP contribution in [0, 0.1) is 0 Å². The summed E-state index contributed by atoms with van der Waals surface area (Å²) >= 11 is 6.10. The van der Waals surface area contributed by atoms with Crippen molar-refractivity contribution < 1.29 is 14.6 Å². The molecule has 0 aliphatic heterocycles. The second-order valence-electron chi connectivity index (χ2n) is 7.76. The van der Waals surface area contributed by atoms with Gasteiger partial charge in [-0.05, 0) is 53.8 Å². The molecule has 1 unspecified atom stereocenters. The van der Waals surface area contributed by atoms with Crippen LogP contribution in [0.1, 0.15) is 45.3 Å². The number of aryl methyl sites for hydroxylation is 1. The summed E-state index contributed by atoms with van der Waals surface area (Å²) in [6.45, 7) is 0. The molecule has 32 heavy (non-hydrogen) atoms. The molecule has 1 heterocycles. The number of esters is 1. The standard InChI is InChI=1S/C27H24ClNO3/c1-32-27(31)24-8-3-2-6-19(24)11-14-26(30)21-7-4-5-18(15-21)16-23-13-10-20-9-12-22(28)17-25(20)29-23/h2-10,12-13,15,17,26,30H,11,14,16H2,1H3. The van der Waals surface area contributed by atoms with Gasteiger partial charge in [-0.1, -0.05) is 66.2 Å². The van der Waals surface area contributed by atoms with Crippen molar-refractivity contribution in [3.63, 3.8) is 0 Å². The molecule has 1 aromatic heterocycles. The summed E-state index contributed by atoms with van der Waals surface area (Å²) in [5.41, 5.74) is 5.15. The Balaban J connectivity index is 1.47. The van der Waals surface area contributed by atoms with Crippen molar-refractivity contribution >= 4 is 28.5 Å². The number of hydrogen-bond donors (Lipinski definition) is 1. The SMILES string of the molecule is COC(=O)c1ccccc1CCC(O)c1cccc(Cc2ccc3ccc(Cl)cc3n2)c1. The van der Waals surface area contributed by atoms with E-state index in [1.165, 1.54) is 7.11 Å². The van der Waals surface area contributed by atoms with E-state index >= 15 is 0 Å². The highest BCUT2D eigenvalue weighted by atomic mass is 35.5. The second-order valence-corrected chi connectivity index (χ2v) is 8.20. The Bertz CT molecular complexity index is 1250. The number of benzene rings is 3. The van der Waals surface area contributed by atoms with Gasteiger partial charge in [0.2, 0.25) is 0 Å². The molecule has 0 aliphatic rings. The fraction of sp³-hybridized carbons (Fsp3) is 0.185. The molecular formula is C27H24ClNO3. The van der Waals surface area contributed by atoms with E-state index < -0.39 is 6.10 Å². The maximum absolute atomic E-state index is 12.0. The lowest BCUT2D eigenvalue weighted by atomic mass is 9.96. The Kier molecular flexibility index (Phi) is 6.84. The van der Waals surface area contributed by atoms with Gasteiger partial charge in [0.15, 0.2) is 0 Å². The molecule has 1 N–H and O–H groups in total. The first-order valence-electron chi connectivity index (χ1n) is 10.5. The Morgan fingerprint density at radius 1 is 1.03 bits per heavy atom. The second kappa shape index (κ2) is 9.94. The maximum atomic E-state index is 12.0. The van der Waals surface area contributed by atoms with Gasteiger partial charge in [-0.3, -0.25) is 4.98 Å². The van der Waals surface area contributed by atoms with Crippen molar-refractivity contribution in [2.75, 3.05) is 7.11 Å². The van der Waals surface area contributed by atoms with Crippen LogP contribution in [0.25, 0.3) is 10.9 Å². The fourth-order valence-corrected chi connectivity index (χ4v) is 4.02. The van der Waals surface area contributed by atoms with Gasteiger partial charge in [0, 0.05) is 22.5 Å². The highest BCUT2D eigenvalue weighted by Gasteiger charge is 2.14. The van der Waals surface area contributed by atoms with Crippen molar-refractivity contribution in [1.29, 1.82) is 0 Å². The van der Waals surface area contributed by atoms with Crippen LogP contribution >= 0.6 is 11.6 Å². The van der Waals surface area contributed by atoms with E-state index in [-0.39, 0.29) is 5.97 Å². The van der Waals surface area contributed by atoms with Crippen molar-refractivity contribution in [1.82, 2.24) is 4.98 Å². The smallest absolute Gasteiger partial charge is 0.338 e. The molecule has 0 spiro atoms. The summed E-state index contributed by atoms with van der Waals surface area (Å²) in [7, 11) is 1.37. The van der Waals surface area contributed by atoms with E-state index in [1.54, 1.807) is 6.07 Å². The molecule has 0 saturated heterocycles. The third-order valence-corrected chi connectivity index (χ3v) is 5.78. The molecule has 0 fully saturated rings. The van der Waals surface area contributed by atoms with Gasteiger partial charge < -0.3 is 9.84 Å². The van der Waals surface area contributed by atoms with Crippen molar-refractivity contribution in [2.24, 2.45) is 0 Å². The van der Waals surface area contributed by atoms with Crippen LogP contribution in [0.15, 0.2) is 78.9 Å². The molecule has 3 aromatic carbocycles. The monoisotopic (exact) mass is 445 g/mol. The molecule has 0 amide bonds. The van der Waals surface area contributed by atoms with Crippen LogP contribution in [0.2, 0.25) is 5.02 Å². The lowest BCUT2D eigenvalue weighted by molar-refractivity contribution is 0.0599. The van der Waals surface area contributed by atoms with Crippen molar-refractivity contribution in [2.45, 2.75) is 25.4 Å². The number of hydrogen-bond acceptors (Lipinski definition) is 4. The van der Waals surface area contributed by atoms with E-state index in [1.807, 2.05) is 72.8 Å². The average Bonchev–Trinajstić information content (AvgIpc) is 2.82. The van der Waals surface area contributed by atoms with Crippen LogP contribution in [-0.4, -0.2) is 23.2 Å². The summed E-state index contributed by atoms with van der Waals surface area (Å²) in [4.78, 5) is 16.7. The Morgan fingerprint density at radius 2 is 1.84 bits per heavy atom. The first-order valence-corrected chi connectivity index (χ1v) is 10.9. The van der Waals surface area contributed by atoms with Crippen LogP contribution in [0.5, 0.6) is 0 Å². The number of pyridine rings is 1. The minimum absolute atomic E-state index is 0.360. The Labute approximate surface area is 192 Å². The zero-order chi connectivity index (χ0) is 22.5. The zero-order valence-electron chi connectivity index (χ0n) is 17.8. The number of fused-ring (bicyclic) bond motifs is 1. The largest absolute Gasteiger partial charge is 0.465 e. The number of carbonyl (C=O) groups excluding carboxylic acids is 1. The summed E-state index contributed by atoms with van der Waals surface area (Å²) < 4.78 is 4.86. The van der Waals surface area contributed by atoms with Gasteiger partial charge >= 0.3 is 5.97 Å². The molecule has 0 radical (unpaired) electrons. The number of ether oxygens (including phenoxy) is 1. The summed E-state index contributed by atoms with van der Waals surface area (Å²) in [5.74, 6) is -0.360. The van der Waals surface area contributed by atoms with Gasteiger partial charge in [-0.15, -0.1) is 0 Å². The number of methoxy groups -OCH3 is 1.